The van der Waals surface area contributed by atoms with E-state index in [9.17, 15) is 4.39 Å². The fraction of sp³-hybridized carbons (Fsp3) is 0.538. The Hall–Kier alpha value is -0.890. The lowest BCUT2D eigenvalue weighted by atomic mass is 9.81. The third-order valence-electron chi connectivity index (χ3n) is 3.29. The van der Waals surface area contributed by atoms with E-state index in [-0.39, 0.29) is 5.82 Å². The summed E-state index contributed by atoms with van der Waals surface area (Å²) in [6.07, 6.45) is 4.68. The molecule has 0 spiro atoms. The highest BCUT2D eigenvalue weighted by Gasteiger charge is 2.19. The maximum atomic E-state index is 13.2. The van der Waals surface area contributed by atoms with Gasteiger partial charge >= 0.3 is 0 Å². The lowest BCUT2D eigenvalue weighted by molar-refractivity contribution is 0.504. The molecule has 0 fully saturated rings. The van der Waals surface area contributed by atoms with E-state index >= 15 is 0 Å². The van der Waals surface area contributed by atoms with Gasteiger partial charge in [-0.05, 0) is 68.5 Å². The van der Waals surface area contributed by atoms with Gasteiger partial charge in [-0.1, -0.05) is 6.07 Å². The van der Waals surface area contributed by atoms with Gasteiger partial charge in [-0.25, -0.2) is 4.39 Å². The zero-order chi connectivity index (χ0) is 10.7. The van der Waals surface area contributed by atoms with Gasteiger partial charge in [0.05, 0.1) is 0 Å². The Bertz CT molecular complexity index is 335. The molecule has 0 aromatic heterocycles. The molecule has 1 nitrogen and oxygen atoms in total. The number of rotatable bonds is 3. The molecule has 0 bridgehead atoms. The summed E-state index contributed by atoms with van der Waals surface area (Å²) in [5.74, 6) is 0.460. The summed E-state index contributed by atoms with van der Waals surface area (Å²) in [4.78, 5) is 0. The van der Waals surface area contributed by atoms with E-state index in [2.05, 4.69) is 5.32 Å². The van der Waals surface area contributed by atoms with E-state index in [4.69, 9.17) is 0 Å². The van der Waals surface area contributed by atoms with Crippen molar-refractivity contribution in [1.29, 1.82) is 0 Å². The second-order valence-electron chi connectivity index (χ2n) is 4.32. The third-order valence-corrected chi connectivity index (χ3v) is 3.29. The van der Waals surface area contributed by atoms with Gasteiger partial charge in [-0.2, -0.15) is 0 Å². The van der Waals surface area contributed by atoms with Crippen LogP contribution in [0.25, 0.3) is 0 Å². The van der Waals surface area contributed by atoms with E-state index in [1.807, 2.05) is 13.1 Å². The highest BCUT2D eigenvalue weighted by atomic mass is 19.1. The molecule has 0 heterocycles. The SMILES string of the molecule is CNCCC1CCCc2ccc(F)cc21. The van der Waals surface area contributed by atoms with Gasteiger partial charge in [-0.15, -0.1) is 0 Å². The summed E-state index contributed by atoms with van der Waals surface area (Å²) in [6, 6.07) is 5.27. The van der Waals surface area contributed by atoms with Crippen molar-refractivity contribution in [2.75, 3.05) is 13.6 Å². The maximum Gasteiger partial charge on any atom is 0.123 e. The number of aryl methyl sites for hydroxylation is 1. The Balaban J connectivity index is 2.20. The standard InChI is InChI=1S/C13H18FN/c1-15-8-7-11-4-2-3-10-5-6-12(14)9-13(10)11/h5-6,9,11,15H,2-4,7-8H2,1H3. The van der Waals surface area contributed by atoms with Crippen LogP contribution in [0, 0.1) is 5.82 Å². The summed E-state index contributed by atoms with van der Waals surface area (Å²) in [6.45, 7) is 1.01. The molecule has 0 saturated carbocycles. The van der Waals surface area contributed by atoms with Crippen LogP contribution in [0.15, 0.2) is 18.2 Å². The van der Waals surface area contributed by atoms with E-state index in [1.54, 1.807) is 12.1 Å². The first-order valence-corrected chi connectivity index (χ1v) is 5.74. The number of benzene rings is 1. The molecule has 1 aromatic carbocycles. The van der Waals surface area contributed by atoms with Crippen LogP contribution in [-0.2, 0) is 6.42 Å². The summed E-state index contributed by atoms with van der Waals surface area (Å²) in [5, 5.41) is 3.17. The minimum atomic E-state index is -0.0925. The molecule has 82 valence electrons. The molecule has 0 radical (unpaired) electrons. The van der Waals surface area contributed by atoms with Gasteiger partial charge in [0.2, 0.25) is 0 Å². The first-order chi connectivity index (χ1) is 7.31. The van der Waals surface area contributed by atoms with Crippen molar-refractivity contribution in [2.45, 2.75) is 31.6 Å². The predicted octanol–water partition coefficient (Wildman–Crippen LogP) is 2.86. The molecule has 0 saturated heterocycles. The molecule has 1 aliphatic carbocycles. The van der Waals surface area contributed by atoms with Crippen molar-refractivity contribution in [3.05, 3.63) is 35.1 Å². The van der Waals surface area contributed by atoms with Crippen LogP contribution in [0.1, 0.15) is 36.3 Å². The minimum absolute atomic E-state index is 0.0925. The number of nitrogens with one attached hydrogen (secondary N) is 1. The van der Waals surface area contributed by atoms with Gasteiger partial charge in [0.25, 0.3) is 0 Å². The normalized spacial score (nSPS) is 20.0. The second-order valence-corrected chi connectivity index (χ2v) is 4.32. The zero-order valence-corrected chi connectivity index (χ0v) is 9.22. The lowest BCUT2D eigenvalue weighted by Gasteiger charge is -2.25. The van der Waals surface area contributed by atoms with Crippen molar-refractivity contribution < 1.29 is 4.39 Å². The minimum Gasteiger partial charge on any atom is -0.320 e. The van der Waals surface area contributed by atoms with E-state index in [0.717, 1.165) is 19.4 Å². The van der Waals surface area contributed by atoms with Crippen molar-refractivity contribution in [1.82, 2.24) is 5.32 Å². The Morgan fingerprint density at radius 3 is 3.13 bits per heavy atom. The van der Waals surface area contributed by atoms with Crippen LogP contribution in [0.2, 0.25) is 0 Å². The zero-order valence-electron chi connectivity index (χ0n) is 9.22. The van der Waals surface area contributed by atoms with E-state index in [0.29, 0.717) is 5.92 Å². The highest BCUT2D eigenvalue weighted by Crippen LogP contribution is 2.33. The smallest absolute Gasteiger partial charge is 0.123 e. The van der Waals surface area contributed by atoms with Crippen molar-refractivity contribution in [3.8, 4) is 0 Å². The van der Waals surface area contributed by atoms with Crippen LogP contribution in [-0.4, -0.2) is 13.6 Å². The fourth-order valence-corrected chi connectivity index (χ4v) is 2.49. The van der Waals surface area contributed by atoms with Gasteiger partial charge in [0.15, 0.2) is 0 Å². The molecule has 1 atom stereocenters. The number of hydrogen-bond acceptors (Lipinski definition) is 1. The van der Waals surface area contributed by atoms with Crippen molar-refractivity contribution in [3.63, 3.8) is 0 Å². The largest absolute Gasteiger partial charge is 0.320 e. The molecular weight excluding hydrogens is 189 g/mol. The molecule has 1 aromatic rings. The van der Waals surface area contributed by atoms with Gasteiger partial charge in [-0.3, -0.25) is 0 Å². The van der Waals surface area contributed by atoms with Crippen LogP contribution < -0.4 is 5.32 Å². The lowest BCUT2D eigenvalue weighted by Crippen LogP contribution is -2.16. The number of halogens is 1. The predicted molar refractivity (Wildman–Crippen MR) is 60.6 cm³/mol. The second kappa shape index (κ2) is 4.75. The van der Waals surface area contributed by atoms with E-state index in [1.165, 1.54) is 24.0 Å². The highest BCUT2D eigenvalue weighted by molar-refractivity contribution is 5.33. The molecule has 2 rings (SSSR count). The summed E-state index contributed by atoms with van der Waals surface area (Å²) in [7, 11) is 1.97. The van der Waals surface area contributed by atoms with Crippen LogP contribution in [0.3, 0.4) is 0 Å². The average Bonchev–Trinajstić information content (AvgIpc) is 2.26. The Morgan fingerprint density at radius 2 is 2.33 bits per heavy atom. The monoisotopic (exact) mass is 207 g/mol. The van der Waals surface area contributed by atoms with Crippen molar-refractivity contribution >= 4 is 0 Å². The Labute approximate surface area is 90.7 Å². The summed E-state index contributed by atoms with van der Waals surface area (Å²) < 4.78 is 13.2. The summed E-state index contributed by atoms with van der Waals surface area (Å²) >= 11 is 0. The van der Waals surface area contributed by atoms with Crippen LogP contribution in [0.5, 0.6) is 0 Å². The Kier molecular flexibility index (Phi) is 3.37. The molecular formula is C13H18FN. The summed E-state index contributed by atoms with van der Waals surface area (Å²) in [5.41, 5.74) is 2.60. The molecule has 15 heavy (non-hydrogen) atoms. The van der Waals surface area contributed by atoms with Crippen LogP contribution in [0.4, 0.5) is 4.39 Å². The van der Waals surface area contributed by atoms with Crippen LogP contribution >= 0.6 is 0 Å². The molecule has 1 aliphatic rings. The van der Waals surface area contributed by atoms with Gasteiger partial charge in [0.1, 0.15) is 5.82 Å². The average molecular weight is 207 g/mol. The van der Waals surface area contributed by atoms with E-state index < -0.39 is 0 Å². The first kappa shape index (κ1) is 10.6. The molecule has 1 unspecified atom stereocenters. The third kappa shape index (κ3) is 2.37. The maximum absolute atomic E-state index is 13.2. The Morgan fingerprint density at radius 1 is 1.47 bits per heavy atom. The molecule has 0 aliphatic heterocycles. The topological polar surface area (TPSA) is 12.0 Å². The van der Waals surface area contributed by atoms with Gasteiger partial charge < -0.3 is 5.32 Å². The quantitative estimate of drug-likeness (QED) is 0.803. The fourth-order valence-electron chi connectivity index (χ4n) is 2.49. The van der Waals surface area contributed by atoms with Crippen molar-refractivity contribution in [2.24, 2.45) is 0 Å². The molecule has 0 amide bonds. The van der Waals surface area contributed by atoms with Gasteiger partial charge in [0, 0.05) is 0 Å². The molecule has 1 N–H and O–H groups in total. The number of hydrogen-bond donors (Lipinski definition) is 1. The molecule has 2 heteroatoms. The first-order valence-electron chi connectivity index (χ1n) is 5.74. The number of fused-ring (bicyclic) bond motifs is 1.